The smallest absolute Gasteiger partial charge is 0.129 e. The van der Waals surface area contributed by atoms with Gasteiger partial charge in [0.05, 0.1) is 0 Å². The van der Waals surface area contributed by atoms with Gasteiger partial charge in [0.1, 0.15) is 5.15 Å². The SMILES string of the molecule is C=CCCCCCC(NN)c1ccnc(Cl)c1. The standard InChI is InChI=1S/C13H20ClN3/c1-2-3-4-5-6-7-12(17-15)11-8-9-16-13(14)10-11/h2,8-10,12,17H,1,3-7,15H2. The summed E-state index contributed by atoms with van der Waals surface area (Å²) in [6.45, 7) is 3.71. The van der Waals surface area contributed by atoms with E-state index < -0.39 is 0 Å². The summed E-state index contributed by atoms with van der Waals surface area (Å²) >= 11 is 5.86. The summed E-state index contributed by atoms with van der Waals surface area (Å²) in [5, 5.41) is 0.509. The van der Waals surface area contributed by atoms with E-state index in [0.717, 1.165) is 24.8 Å². The lowest BCUT2D eigenvalue weighted by molar-refractivity contribution is 0.483. The van der Waals surface area contributed by atoms with E-state index in [1.54, 1.807) is 6.20 Å². The molecule has 0 fully saturated rings. The molecule has 0 radical (unpaired) electrons. The van der Waals surface area contributed by atoms with E-state index in [0.29, 0.717) is 5.15 Å². The number of aromatic nitrogens is 1. The van der Waals surface area contributed by atoms with Gasteiger partial charge >= 0.3 is 0 Å². The Balaban J connectivity index is 2.40. The zero-order valence-electron chi connectivity index (χ0n) is 10.0. The van der Waals surface area contributed by atoms with Gasteiger partial charge in [-0.3, -0.25) is 11.3 Å². The second-order valence-electron chi connectivity index (χ2n) is 4.06. The lowest BCUT2D eigenvalue weighted by Crippen LogP contribution is -2.28. The predicted octanol–water partition coefficient (Wildman–Crippen LogP) is 3.38. The van der Waals surface area contributed by atoms with Crippen LogP contribution in [0, 0.1) is 0 Å². The molecular formula is C13H20ClN3. The highest BCUT2D eigenvalue weighted by molar-refractivity contribution is 6.29. The Kier molecular flexibility index (Phi) is 6.86. The normalized spacial score (nSPS) is 12.4. The maximum absolute atomic E-state index is 5.86. The molecule has 0 aliphatic rings. The van der Waals surface area contributed by atoms with Crippen LogP contribution in [0.15, 0.2) is 31.0 Å². The average Bonchev–Trinajstić information content (AvgIpc) is 2.34. The fourth-order valence-electron chi connectivity index (χ4n) is 1.79. The van der Waals surface area contributed by atoms with E-state index in [1.807, 2.05) is 18.2 Å². The monoisotopic (exact) mass is 253 g/mol. The predicted molar refractivity (Wildman–Crippen MR) is 72.6 cm³/mol. The van der Waals surface area contributed by atoms with Crippen LogP contribution in [0.4, 0.5) is 0 Å². The quantitative estimate of drug-likeness (QED) is 0.246. The summed E-state index contributed by atoms with van der Waals surface area (Å²) in [7, 11) is 0. The first-order valence-corrected chi connectivity index (χ1v) is 6.34. The molecule has 4 heteroatoms. The molecule has 1 unspecified atom stereocenters. The maximum atomic E-state index is 5.86. The molecule has 1 aromatic heterocycles. The zero-order valence-corrected chi connectivity index (χ0v) is 10.8. The van der Waals surface area contributed by atoms with Gasteiger partial charge in [-0.2, -0.15) is 0 Å². The first kappa shape index (κ1) is 14.2. The Morgan fingerprint density at radius 3 is 2.94 bits per heavy atom. The molecule has 94 valence electrons. The molecule has 0 aromatic carbocycles. The van der Waals surface area contributed by atoms with Crippen LogP contribution in [0.3, 0.4) is 0 Å². The first-order valence-electron chi connectivity index (χ1n) is 5.96. The van der Waals surface area contributed by atoms with Crippen molar-refractivity contribution in [1.29, 1.82) is 0 Å². The molecule has 0 aliphatic carbocycles. The first-order chi connectivity index (χ1) is 8.27. The Labute approximate surface area is 108 Å². The molecule has 1 atom stereocenters. The summed E-state index contributed by atoms with van der Waals surface area (Å²) in [6.07, 6.45) is 9.29. The number of nitrogens with one attached hydrogen (secondary N) is 1. The molecule has 0 bridgehead atoms. The molecule has 1 aromatic rings. The van der Waals surface area contributed by atoms with E-state index in [2.05, 4.69) is 17.0 Å². The third-order valence-corrected chi connectivity index (χ3v) is 2.96. The van der Waals surface area contributed by atoms with Crippen molar-refractivity contribution in [2.24, 2.45) is 5.84 Å². The molecule has 0 amide bonds. The van der Waals surface area contributed by atoms with Crippen molar-refractivity contribution in [2.75, 3.05) is 0 Å². The van der Waals surface area contributed by atoms with Gasteiger partial charge in [-0.15, -0.1) is 6.58 Å². The van der Waals surface area contributed by atoms with Gasteiger partial charge < -0.3 is 0 Å². The van der Waals surface area contributed by atoms with Crippen molar-refractivity contribution in [1.82, 2.24) is 10.4 Å². The molecule has 0 aliphatic heterocycles. The topological polar surface area (TPSA) is 50.9 Å². The second kappa shape index (κ2) is 8.23. The van der Waals surface area contributed by atoms with Crippen molar-refractivity contribution in [2.45, 2.75) is 38.1 Å². The molecule has 0 spiro atoms. The molecular weight excluding hydrogens is 234 g/mol. The van der Waals surface area contributed by atoms with Crippen LogP contribution >= 0.6 is 11.6 Å². The highest BCUT2D eigenvalue weighted by Gasteiger charge is 2.09. The van der Waals surface area contributed by atoms with E-state index in [-0.39, 0.29) is 6.04 Å². The highest BCUT2D eigenvalue weighted by Crippen LogP contribution is 2.20. The molecule has 1 rings (SSSR count). The Bertz CT molecular complexity index is 341. The minimum Gasteiger partial charge on any atom is -0.271 e. The number of allylic oxidation sites excluding steroid dienone is 1. The fraction of sp³-hybridized carbons (Fsp3) is 0.462. The van der Waals surface area contributed by atoms with Gasteiger partial charge in [0.2, 0.25) is 0 Å². The fourth-order valence-corrected chi connectivity index (χ4v) is 1.98. The van der Waals surface area contributed by atoms with Crippen molar-refractivity contribution in [3.8, 4) is 0 Å². The van der Waals surface area contributed by atoms with Crippen molar-refractivity contribution >= 4 is 11.6 Å². The number of hydrogen-bond acceptors (Lipinski definition) is 3. The molecule has 3 N–H and O–H groups in total. The summed E-state index contributed by atoms with van der Waals surface area (Å²) in [5.74, 6) is 5.57. The minimum absolute atomic E-state index is 0.152. The lowest BCUT2D eigenvalue weighted by Gasteiger charge is -2.16. The van der Waals surface area contributed by atoms with Crippen LogP contribution in [0.2, 0.25) is 5.15 Å². The van der Waals surface area contributed by atoms with Crippen LogP contribution in [-0.2, 0) is 0 Å². The van der Waals surface area contributed by atoms with Crippen molar-refractivity contribution in [3.63, 3.8) is 0 Å². The summed E-state index contributed by atoms with van der Waals surface area (Å²) in [6, 6.07) is 3.95. The van der Waals surface area contributed by atoms with Crippen molar-refractivity contribution < 1.29 is 0 Å². The van der Waals surface area contributed by atoms with E-state index in [4.69, 9.17) is 17.4 Å². The van der Waals surface area contributed by atoms with Crippen LogP contribution in [0.1, 0.15) is 43.7 Å². The summed E-state index contributed by atoms with van der Waals surface area (Å²) in [5.41, 5.74) is 3.92. The van der Waals surface area contributed by atoms with Gasteiger partial charge in [-0.1, -0.05) is 30.5 Å². The van der Waals surface area contributed by atoms with Gasteiger partial charge in [-0.25, -0.2) is 4.98 Å². The molecule has 1 heterocycles. The van der Waals surface area contributed by atoms with E-state index >= 15 is 0 Å². The van der Waals surface area contributed by atoms with Crippen LogP contribution < -0.4 is 11.3 Å². The number of hydrogen-bond donors (Lipinski definition) is 2. The second-order valence-corrected chi connectivity index (χ2v) is 4.45. The number of pyridine rings is 1. The third kappa shape index (κ3) is 5.31. The molecule has 0 saturated carbocycles. The maximum Gasteiger partial charge on any atom is 0.129 e. The number of halogens is 1. The van der Waals surface area contributed by atoms with E-state index in [9.17, 15) is 0 Å². The van der Waals surface area contributed by atoms with Gasteiger partial charge in [-0.05, 0) is 37.0 Å². The lowest BCUT2D eigenvalue weighted by atomic mass is 10.0. The summed E-state index contributed by atoms with van der Waals surface area (Å²) in [4.78, 5) is 3.96. The molecule has 3 nitrogen and oxygen atoms in total. The van der Waals surface area contributed by atoms with Gasteiger partial charge in [0.15, 0.2) is 0 Å². The molecule has 17 heavy (non-hydrogen) atoms. The number of nitrogens with zero attached hydrogens (tertiary/aromatic N) is 1. The number of rotatable bonds is 8. The highest BCUT2D eigenvalue weighted by atomic mass is 35.5. The minimum atomic E-state index is 0.152. The Morgan fingerprint density at radius 2 is 2.29 bits per heavy atom. The van der Waals surface area contributed by atoms with Crippen LogP contribution in [0.25, 0.3) is 0 Å². The Hall–Kier alpha value is -0.900. The van der Waals surface area contributed by atoms with Gasteiger partial charge in [0, 0.05) is 12.2 Å². The van der Waals surface area contributed by atoms with Crippen molar-refractivity contribution in [3.05, 3.63) is 41.7 Å². The number of hydrazine groups is 1. The number of nitrogens with two attached hydrogens (primary N) is 1. The van der Waals surface area contributed by atoms with Crippen LogP contribution in [0.5, 0.6) is 0 Å². The average molecular weight is 254 g/mol. The van der Waals surface area contributed by atoms with Crippen LogP contribution in [-0.4, -0.2) is 4.98 Å². The number of unbranched alkanes of at least 4 members (excludes halogenated alkanes) is 3. The largest absolute Gasteiger partial charge is 0.271 e. The Morgan fingerprint density at radius 1 is 1.47 bits per heavy atom. The summed E-state index contributed by atoms with van der Waals surface area (Å²) < 4.78 is 0. The zero-order chi connectivity index (χ0) is 12.5. The van der Waals surface area contributed by atoms with E-state index in [1.165, 1.54) is 12.8 Å². The molecule has 0 saturated heterocycles. The van der Waals surface area contributed by atoms with Gasteiger partial charge in [0.25, 0.3) is 0 Å². The third-order valence-electron chi connectivity index (χ3n) is 2.76.